The van der Waals surface area contributed by atoms with Crippen LogP contribution in [0.25, 0.3) is 0 Å². The summed E-state index contributed by atoms with van der Waals surface area (Å²) >= 11 is 0. The largest absolute Gasteiger partial charge is 0.389 e. The molecule has 1 aromatic carbocycles. The third kappa shape index (κ3) is 4.90. The molecule has 0 spiro atoms. The van der Waals surface area contributed by atoms with Crippen LogP contribution in [-0.2, 0) is 6.54 Å². The molecule has 0 heterocycles. The van der Waals surface area contributed by atoms with Gasteiger partial charge in [-0.2, -0.15) is 0 Å². The summed E-state index contributed by atoms with van der Waals surface area (Å²) in [6.45, 7) is 8.46. The second-order valence-corrected chi connectivity index (χ2v) is 6.29. The van der Waals surface area contributed by atoms with Gasteiger partial charge >= 0.3 is 0 Å². The first-order chi connectivity index (χ1) is 9.10. The normalized spacial score (nSPS) is 12.2. The Morgan fingerprint density at radius 1 is 1.40 bits per heavy atom. The van der Waals surface area contributed by atoms with E-state index in [2.05, 4.69) is 0 Å². The van der Waals surface area contributed by atoms with E-state index in [1.807, 2.05) is 37.9 Å². The zero-order valence-electron chi connectivity index (χ0n) is 12.9. The molecule has 0 saturated heterocycles. The van der Waals surface area contributed by atoms with Gasteiger partial charge in [-0.3, -0.25) is 15.0 Å². The molecule has 0 aliphatic carbocycles. The zero-order valence-corrected chi connectivity index (χ0v) is 12.9. The quantitative estimate of drug-likeness (QED) is 0.642. The van der Waals surface area contributed by atoms with Crippen LogP contribution in [0.15, 0.2) is 18.2 Å². The molecule has 0 radical (unpaired) electrons. The fourth-order valence-corrected chi connectivity index (χ4v) is 2.36. The summed E-state index contributed by atoms with van der Waals surface area (Å²) in [5.41, 5.74) is 1.03. The third-order valence-corrected chi connectivity index (χ3v) is 3.02. The Bertz CT molecular complexity index is 478. The molecule has 0 aliphatic heterocycles. The Labute approximate surface area is 120 Å². The highest BCUT2D eigenvalue weighted by Gasteiger charge is 2.19. The molecule has 5 nitrogen and oxygen atoms in total. The molecule has 0 saturated carbocycles. The molecule has 0 aliphatic rings. The first kappa shape index (κ1) is 16.6. The fraction of sp³-hybridized carbons (Fsp3) is 0.600. The van der Waals surface area contributed by atoms with Crippen LogP contribution < -0.4 is 0 Å². The van der Waals surface area contributed by atoms with Crippen molar-refractivity contribution in [3.63, 3.8) is 0 Å². The van der Waals surface area contributed by atoms with Crippen molar-refractivity contribution in [3.05, 3.63) is 39.4 Å². The van der Waals surface area contributed by atoms with Crippen LogP contribution >= 0.6 is 0 Å². The number of aliphatic hydroxyl groups is 1. The van der Waals surface area contributed by atoms with E-state index in [4.69, 9.17) is 0 Å². The summed E-state index contributed by atoms with van der Waals surface area (Å²) in [7, 11) is 1.89. The van der Waals surface area contributed by atoms with E-state index in [-0.39, 0.29) is 16.5 Å². The van der Waals surface area contributed by atoms with Gasteiger partial charge in [0.1, 0.15) is 0 Å². The van der Waals surface area contributed by atoms with Crippen molar-refractivity contribution in [1.29, 1.82) is 0 Å². The van der Waals surface area contributed by atoms with E-state index in [0.29, 0.717) is 13.1 Å². The van der Waals surface area contributed by atoms with E-state index in [1.54, 1.807) is 19.9 Å². The van der Waals surface area contributed by atoms with Crippen molar-refractivity contribution < 1.29 is 10.0 Å². The van der Waals surface area contributed by atoms with Crippen LogP contribution in [0.1, 0.15) is 44.7 Å². The molecule has 0 unspecified atom stereocenters. The highest BCUT2D eigenvalue weighted by molar-refractivity contribution is 5.45. The minimum Gasteiger partial charge on any atom is -0.389 e. The van der Waals surface area contributed by atoms with Crippen LogP contribution in [-0.4, -0.2) is 34.1 Å². The first-order valence-electron chi connectivity index (χ1n) is 6.78. The number of likely N-dealkylation sites (N-methyl/N-ethyl adjacent to an activating group) is 1. The first-order valence-corrected chi connectivity index (χ1v) is 6.78. The molecule has 1 rings (SSSR count). The van der Waals surface area contributed by atoms with Gasteiger partial charge in [0.15, 0.2) is 0 Å². The van der Waals surface area contributed by atoms with Gasteiger partial charge in [-0.1, -0.05) is 26.0 Å². The molecule has 1 N–H and O–H groups in total. The molecule has 0 bridgehead atoms. The van der Waals surface area contributed by atoms with Crippen molar-refractivity contribution in [1.82, 2.24) is 4.90 Å². The highest BCUT2D eigenvalue weighted by atomic mass is 16.6. The summed E-state index contributed by atoms with van der Waals surface area (Å²) in [4.78, 5) is 12.8. The summed E-state index contributed by atoms with van der Waals surface area (Å²) in [6.07, 6.45) is 0. The van der Waals surface area contributed by atoms with E-state index >= 15 is 0 Å². The molecule has 112 valence electrons. The number of nitrogens with zero attached hydrogens (tertiary/aromatic N) is 2. The van der Waals surface area contributed by atoms with Gasteiger partial charge in [-0.05, 0) is 32.4 Å². The van der Waals surface area contributed by atoms with Gasteiger partial charge in [0.2, 0.25) is 0 Å². The van der Waals surface area contributed by atoms with Gasteiger partial charge in [-0.15, -0.1) is 0 Å². The minimum atomic E-state index is -0.779. The smallest absolute Gasteiger partial charge is 0.273 e. The molecule has 5 heteroatoms. The molecule has 0 atom stereocenters. The number of hydrogen-bond donors (Lipinski definition) is 1. The number of nitro groups is 1. The predicted molar refractivity (Wildman–Crippen MR) is 79.8 cm³/mol. The van der Waals surface area contributed by atoms with Crippen LogP contribution in [0.5, 0.6) is 0 Å². The lowest BCUT2D eigenvalue weighted by Crippen LogP contribution is -2.35. The van der Waals surface area contributed by atoms with Crippen LogP contribution in [0.3, 0.4) is 0 Å². The van der Waals surface area contributed by atoms with E-state index in [0.717, 1.165) is 11.1 Å². The maximum atomic E-state index is 11.1. The zero-order chi connectivity index (χ0) is 15.5. The Morgan fingerprint density at radius 2 is 2.00 bits per heavy atom. The fourth-order valence-electron chi connectivity index (χ4n) is 2.36. The lowest BCUT2D eigenvalue weighted by atomic mass is 9.99. The van der Waals surface area contributed by atoms with Crippen molar-refractivity contribution in [2.75, 3.05) is 13.6 Å². The molecular formula is C15H24N2O3. The topological polar surface area (TPSA) is 66.6 Å². The van der Waals surface area contributed by atoms with Crippen molar-refractivity contribution in [2.24, 2.45) is 0 Å². The molecule has 0 fully saturated rings. The van der Waals surface area contributed by atoms with Gasteiger partial charge < -0.3 is 5.11 Å². The lowest BCUT2D eigenvalue weighted by molar-refractivity contribution is -0.385. The van der Waals surface area contributed by atoms with Gasteiger partial charge in [0.05, 0.1) is 10.5 Å². The average molecular weight is 280 g/mol. The van der Waals surface area contributed by atoms with Crippen molar-refractivity contribution >= 4 is 5.69 Å². The van der Waals surface area contributed by atoms with Gasteiger partial charge in [-0.25, -0.2) is 0 Å². The number of rotatable bonds is 6. The number of benzene rings is 1. The molecule has 1 aromatic rings. The maximum Gasteiger partial charge on any atom is 0.273 e. The van der Waals surface area contributed by atoms with E-state index < -0.39 is 5.60 Å². The Hall–Kier alpha value is -1.46. The monoisotopic (exact) mass is 280 g/mol. The molecule has 0 amide bonds. The van der Waals surface area contributed by atoms with Crippen LogP contribution in [0.4, 0.5) is 5.69 Å². The van der Waals surface area contributed by atoms with E-state index in [1.165, 1.54) is 0 Å². The Kier molecular flexibility index (Phi) is 5.25. The SMILES string of the molecule is CC(C)c1ccc(CN(C)CC(C)(C)O)cc1[N+](=O)[O-]. The summed E-state index contributed by atoms with van der Waals surface area (Å²) in [5, 5.41) is 20.9. The Balaban J connectivity index is 2.93. The summed E-state index contributed by atoms with van der Waals surface area (Å²) in [5.74, 6) is 0.124. The Morgan fingerprint density at radius 3 is 2.45 bits per heavy atom. The standard InChI is InChI=1S/C15H24N2O3/c1-11(2)13-7-6-12(8-14(13)17(19)20)9-16(5)10-15(3,4)18/h6-8,11,18H,9-10H2,1-5H3. The summed E-state index contributed by atoms with van der Waals surface area (Å²) in [6, 6.07) is 5.38. The van der Waals surface area contributed by atoms with Crippen molar-refractivity contribution in [3.8, 4) is 0 Å². The second kappa shape index (κ2) is 6.33. The van der Waals surface area contributed by atoms with Gasteiger partial charge in [0, 0.05) is 24.7 Å². The van der Waals surface area contributed by atoms with Crippen molar-refractivity contribution in [2.45, 2.75) is 45.8 Å². The molecule has 0 aromatic heterocycles. The number of nitro benzene ring substituents is 1. The number of hydrogen-bond acceptors (Lipinski definition) is 4. The predicted octanol–water partition coefficient (Wildman–Crippen LogP) is 2.92. The minimum absolute atomic E-state index is 0.124. The highest BCUT2D eigenvalue weighted by Crippen LogP contribution is 2.27. The van der Waals surface area contributed by atoms with E-state index in [9.17, 15) is 15.2 Å². The summed E-state index contributed by atoms with van der Waals surface area (Å²) < 4.78 is 0. The molecule has 20 heavy (non-hydrogen) atoms. The molecular weight excluding hydrogens is 256 g/mol. The van der Waals surface area contributed by atoms with Crippen LogP contribution in [0.2, 0.25) is 0 Å². The third-order valence-electron chi connectivity index (χ3n) is 3.02. The van der Waals surface area contributed by atoms with Crippen LogP contribution in [0, 0.1) is 10.1 Å². The average Bonchev–Trinajstić information content (AvgIpc) is 2.25. The van der Waals surface area contributed by atoms with Gasteiger partial charge in [0.25, 0.3) is 5.69 Å². The maximum absolute atomic E-state index is 11.1. The second-order valence-electron chi connectivity index (χ2n) is 6.29. The lowest BCUT2D eigenvalue weighted by Gasteiger charge is -2.25.